The summed E-state index contributed by atoms with van der Waals surface area (Å²) in [6.07, 6.45) is 6.62. The molecule has 1 aromatic heterocycles. The molecular formula is C19H24N4O. The summed E-state index contributed by atoms with van der Waals surface area (Å²) in [6, 6.07) is 10.9. The van der Waals surface area contributed by atoms with E-state index in [1.54, 1.807) is 0 Å². The summed E-state index contributed by atoms with van der Waals surface area (Å²) in [4.78, 5) is 21.2. The lowest BCUT2D eigenvalue weighted by Gasteiger charge is -2.36. The van der Waals surface area contributed by atoms with Crippen LogP contribution in [0.4, 0.5) is 10.6 Å². The molecule has 2 heterocycles. The second-order valence-electron chi connectivity index (χ2n) is 6.76. The first-order valence-electron chi connectivity index (χ1n) is 8.95. The van der Waals surface area contributed by atoms with E-state index >= 15 is 0 Å². The molecule has 2 aliphatic rings. The molecule has 0 bridgehead atoms. The van der Waals surface area contributed by atoms with Crippen molar-refractivity contribution < 1.29 is 4.79 Å². The molecule has 1 aliphatic carbocycles. The molecule has 2 amide bonds. The van der Waals surface area contributed by atoms with Crippen molar-refractivity contribution in [3.63, 3.8) is 0 Å². The third-order valence-electron chi connectivity index (χ3n) is 5.20. The maximum absolute atomic E-state index is 12.4. The summed E-state index contributed by atoms with van der Waals surface area (Å²) in [5, 5.41) is 5.58. The van der Waals surface area contributed by atoms with Gasteiger partial charge in [-0.1, -0.05) is 37.1 Å². The minimum atomic E-state index is 0.104. The maximum atomic E-state index is 12.4. The highest BCUT2D eigenvalue weighted by molar-refractivity contribution is 5.92. The number of hydrogen-bond acceptors (Lipinski definition) is 3. The molecule has 5 heteroatoms. The second kappa shape index (κ2) is 6.67. The van der Waals surface area contributed by atoms with Gasteiger partial charge in [-0.15, -0.1) is 0 Å². The number of nitrogens with zero attached hydrogens (tertiary/aromatic N) is 3. The minimum absolute atomic E-state index is 0.104. The van der Waals surface area contributed by atoms with Crippen molar-refractivity contribution in [3.05, 3.63) is 36.5 Å². The van der Waals surface area contributed by atoms with Crippen LogP contribution in [0.3, 0.4) is 0 Å². The summed E-state index contributed by atoms with van der Waals surface area (Å²) in [7, 11) is 0. The van der Waals surface area contributed by atoms with Gasteiger partial charge in [-0.05, 0) is 24.3 Å². The average molecular weight is 324 g/mol. The average Bonchev–Trinajstić information content (AvgIpc) is 3.14. The highest BCUT2D eigenvalue weighted by Crippen LogP contribution is 2.25. The quantitative estimate of drug-likeness (QED) is 0.924. The highest BCUT2D eigenvalue weighted by Gasteiger charge is 2.25. The van der Waals surface area contributed by atoms with Gasteiger partial charge in [-0.3, -0.25) is 0 Å². The van der Waals surface area contributed by atoms with E-state index in [0.717, 1.165) is 44.8 Å². The molecule has 1 saturated heterocycles. The third kappa shape index (κ3) is 3.03. The van der Waals surface area contributed by atoms with Gasteiger partial charge in [0.05, 0.1) is 0 Å². The van der Waals surface area contributed by atoms with E-state index in [2.05, 4.69) is 39.5 Å². The summed E-state index contributed by atoms with van der Waals surface area (Å²) in [5.41, 5.74) is 0. The lowest BCUT2D eigenvalue weighted by molar-refractivity contribution is 0.190. The Labute approximate surface area is 142 Å². The van der Waals surface area contributed by atoms with Crippen LogP contribution in [0.2, 0.25) is 0 Å². The number of fused-ring (bicyclic) bond motifs is 1. The van der Waals surface area contributed by atoms with Crippen molar-refractivity contribution in [2.45, 2.75) is 31.7 Å². The molecule has 2 fully saturated rings. The van der Waals surface area contributed by atoms with Crippen molar-refractivity contribution in [2.24, 2.45) is 0 Å². The van der Waals surface area contributed by atoms with E-state index in [9.17, 15) is 4.79 Å². The van der Waals surface area contributed by atoms with Crippen LogP contribution in [0, 0.1) is 0 Å². The Morgan fingerprint density at radius 1 is 1.04 bits per heavy atom. The Morgan fingerprint density at radius 3 is 2.58 bits per heavy atom. The first-order chi connectivity index (χ1) is 11.8. The summed E-state index contributed by atoms with van der Waals surface area (Å²) in [6.45, 7) is 3.17. The van der Waals surface area contributed by atoms with E-state index in [1.807, 2.05) is 17.2 Å². The smallest absolute Gasteiger partial charge is 0.317 e. The van der Waals surface area contributed by atoms with Gasteiger partial charge < -0.3 is 15.1 Å². The van der Waals surface area contributed by atoms with Crippen molar-refractivity contribution in [1.29, 1.82) is 0 Å². The number of hydrogen-bond donors (Lipinski definition) is 1. The van der Waals surface area contributed by atoms with E-state index in [0.29, 0.717) is 6.04 Å². The Balaban J connectivity index is 1.41. The van der Waals surface area contributed by atoms with Crippen LogP contribution in [-0.4, -0.2) is 48.1 Å². The second-order valence-corrected chi connectivity index (χ2v) is 6.76. The third-order valence-corrected chi connectivity index (χ3v) is 5.20. The molecule has 24 heavy (non-hydrogen) atoms. The molecule has 1 aromatic carbocycles. The van der Waals surface area contributed by atoms with Gasteiger partial charge in [0.15, 0.2) is 0 Å². The number of amides is 2. The number of pyridine rings is 1. The fourth-order valence-corrected chi connectivity index (χ4v) is 3.81. The molecule has 1 saturated carbocycles. The van der Waals surface area contributed by atoms with Crippen molar-refractivity contribution in [3.8, 4) is 0 Å². The normalized spacial score (nSPS) is 19.0. The van der Waals surface area contributed by atoms with Gasteiger partial charge in [-0.25, -0.2) is 9.78 Å². The zero-order valence-corrected chi connectivity index (χ0v) is 13.9. The van der Waals surface area contributed by atoms with Gasteiger partial charge in [0.2, 0.25) is 0 Å². The number of piperazine rings is 1. The summed E-state index contributed by atoms with van der Waals surface area (Å²) >= 11 is 0. The Hall–Kier alpha value is -2.30. The highest BCUT2D eigenvalue weighted by atomic mass is 16.2. The van der Waals surface area contributed by atoms with Crippen molar-refractivity contribution in [1.82, 2.24) is 15.2 Å². The molecule has 4 rings (SSSR count). The van der Waals surface area contributed by atoms with Gasteiger partial charge in [-0.2, -0.15) is 0 Å². The molecule has 5 nitrogen and oxygen atoms in total. The molecule has 0 unspecified atom stereocenters. The molecular weight excluding hydrogens is 300 g/mol. The van der Waals surface area contributed by atoms with Crippen LogP contribution in [0.5, 0.6) is 0 Å². The molecule has 0 atom stereocenters. The first kappa shape index (κ1) is 15.2. The summed E-state index contributed by atoms with van der Waals surface area (Å²) in [5.74, 6) is 1.03. The molecule has 126 valence electrons. The number of urea groups is 1. The maximum Gasteiger partial charge on any atom is 0.317 e. The Bertz CT molecular complexity index is 713. The topological polar surface area (TPSA) is 48.5 Å². The van der Waals surface area contributed by atoms with Crippen LogP contribution in [-0.2, 0) is 0 Å². The Kier molecular flexibility index (Phi) is 4.24. The van der Waals surface area contributed by atoms with Gasteiger partial charge in [0.25, 0.3) is 0 Å². The SMILES string of the molecule is O=C(NC1CCCC1)N1CCN(c2nccc3ccccc23)CC1. The van der Waals surface area contributed by atoms with Gasteiger partial charge in [0.1, 0.15) is 5.82 Å². The molecule has 2 aromatic rings. The van der Waals surface area contributed by atoms with E-state index in [4.69, 9.17) is 0 Å². The summed E-state index contributed by atoms with van der Waals surface area (Å²) < 4.78 is 0. The number of carbonyl (C=O) groups is 1. The largest absolute Gasteiger partial charge is 0.353 e. The van der Waals surface area contributed by atoms with Gasteiger partial charge >= 0.3 is 6.03 Å². The van der Waals surface area contributed by atoms with Crippen LogP contribution in [0.25, 0.3) is 10.8 Å². The standard InChI is InChI=1S/C19H24N4O/c24-19(21-16-6-2-3-7-16)23-13-11-22(12-14-23)18-17-8-4-1-5-15(17)9-10-20-18/h1,4-5,8-10,16H,2-3,6-7,11-14H2,(H,21,24). The Morgan fingerprint density at radius 2 is 1.79 bits per heavy atom. The van der Waals surface area contributed by atoms with Crippen LogP contribution in [0.1, 0.15) is 25.7 Å². The monoisotopic (exact) mass is 324 g/mol. The van der Waals surface area contributed by atoms with E-state index in [1.165, 1.54) is 23.6 Å². The number of benzene rings is 1. The number of nitrogens with one attached hydrogen (secondary N) is 1. The number of aromatic nitrogens is 1. The number of carbonyl (C=O) groups excluding carboxylic acids is 1. The van der Waals surface area contributed by atoms with E-state index in [-0.39, 0.29) is 6.03 Å². The number of rotatable bonds is 2. The lowest BCUT2D eigenvalue weighted by Crippen LogP contribution is -2.53. The fourth-order valence-electron chi connectivity index (χ4n) is 3.81. The zero-order valence-electron chi connectivity index (χ0n) is 13.9. The molecule has 0 radical (unpaired) electrons. The minimum Gasteiger partial charge on any atom is -0.353 e. The van der Waals surface area contributed by atoms with Crippen LogP contribution >= 0.6 is 0 Å². The van der Waals surface area contributed by atoms with E-state index < -0.39 is 0 Å². The zero-order chi connectivity index (χ0) is 16.4. The predicted molar refractivity (Wildman–Crippen MR) is 96.3 cm³/mol. The fraction of sp³-hybridized carbons (Fsp3) is 0.474. The molecule has 1 aliphatic heterocycles. The number of anilines is 1. The van der Waals surface area contributed by atoms with Gasteiger partial charge in [0, 0.05) is 43.8 Å². The lowest BCUT2D eigenvalue weighted by atomic mass is 10.1. The van der Waals surface area contributed by atoms with Crippen molar-refractivity contribution in [2.75, 3.05) is 31.1 Å². The molecule has 1 N–H and O–H groups in total. The molecule has 0 spiro atoms. The predicted octanol–water partition coefficient (Wildman–Crippen LogP) is 3.01. The van der Waals surface area contributed by atoms with Crippen LogP contribution < -0.4 is 10.2 Å². The van der Waals surface area contributed by atoms with Crippen LogP contribution in [0.15, 0.2) is 36.5 Å². The first-order valence-corrected chi connectivity index (χ1v) is 8.95. The van der Waals surface area contributed by atoms with Crippen molar-refractivity contribution >= 4 is 22.6 Å².